The Labute approximate surface area is 147 Å². The predicted molar refractivity (Wildman–Crippen MR) is 98.7 cm³/mol. The van der Waals surface area contributed by atoms with E-state index in [1.807, 2.05) is 24.0 Å². The van der Waals surface area contributed by atoms with Gasteiger partial charge in [0.05, 0.1) is 17.9 Å². The van der Waals surface area contributed by atoms with Crippen LogP contribution in [-0.4, -0.2) is 30.2 Å². The number of ether oxygens (including phenoxy) is 1. The molecule has 1 aromatic rings. The highest BCUT2D eigenvalue weighted by Gasteiger charge is 2.43. The molecule has 1 aromatic carbocycles. The summed E-state index contributed by atoms with van der Waals surface area (Å²) >= 11 is 0. The zero-order chi connectivity index (χ0) is 18.0. The Hall–Kier alpha value is -2.57. The second kappa shape index (κ2) is 6.74. The summed E-state index contributed by atoms with van der Waals surface area (Å²) in [7, 11) is 0. The highest BCUT2D eigenvalue weighted by atomic mass is 16.5. The molecule has 1 aliphatic heterocycles. The third-order valence-corrected chi connectivity index (χ3v) is 4.81. The van der Waals surface area contributed by atoms with E-state index in [1.54, 1.807) is 13.0 Å². The maximum absolute atomic E-state index is 12.1. The number of nitrogens with zero attached hydrogens (tertiary/aromatic N) is 3. The molecule has 1 heterocycles. The van der Waals surface area contributed by atoms with Crippen molar-refractivity contribution in [1.29, 1.82) is 0 Å². The summed E-state index contributed by atoms with van der Waals surface area (Å²) in [5.74, 6) is 0.185. The number of anilines is 1. The number of esters is 1. The van der Waals surface area contributed by atoms with Gasteiger partial charge in [-0.05, 0) is 57.2 Å². The van der Waals surface area contributed by atoms with Gasteiger partial charge in [0, 0.05) is 0 Å². The molecule has 2 aliphatic rings. The Morgan fingerprint density at radius 2 is 2.00 bits per heavy atom. The summed E-state index contributed by atoms with van der Waals surface area (Å²) in [4.78, 5) is 22.9. The molecule has 7 heteroatoms. The van der Waals surface area contributed by atoms with Gasteiger partial charge in [-0.25, -0.2) is 9.79 Å². The van der Waals surface area contributed by atoms with Crippen LogP contribution in [0.4, 0.5) is 5.69 Å². The van der Waals surface area contributed by atoms with Crippen LogP contribution < -0.4 is 16.4 Å². The van der Waals surface area contributed by atoms with Crippen LogP contribution in [0.15, 0.2) is 28.2 Å². The Morgan fingerprint density at radius 3 is 2.68 bits per heavy atom. The van der Waals surface area contributed by atoms with Gasteiger partial charge in [-0.3, -0.25) is 4.90 Å². The fourth-order valence-corrected chi connectivity index (χ4v) is 3.66. The van der Waals surface area contributed by atoms with E-state index in [9.17, 15) is 4.79 Å². The topological polar surface area (TPSA) is 106 Å². The maximum atomic E-state index is 12.1. The number of rotatable bonds is 3. The van der Waals surface area contributed by atoms with E-state index >= 15 is 0 Å². The van der Waals surface area contributed by atoms with E-state index in [2.05, 4.69) is 9.98 Å². The molecule has 0 saturated heterocycles. The van der Waals surface area contributed by atoms with Crippen LogP contribution in [0.5, 0.6) is 0 Å². The van der Waals surface area contributed by atoms with Gasteiger partial charge in [0.25, 0.3) is 0 Å². The van der Waals surface area contributed by atoms with E-state index in [-0.39, 0.29) is 11.9 Å². The van der Waals surface area contributed by atoms with Crippen molar-refractivity contribution in [3.63, 3.8) is 0 Å². The molecule has 0 radical (unpaired) electrons. The van der Waals surface area contributed by atoms with Crippen molar-refractivity contribution in [2.24, 2.45) is 21.5 Å². The summed E-state index contributed by atoms with van der Waals surface area (Å²) in [6.07, 6.45) is 4.98. The van der Waals surface area contributed by atoms with E-state index in [4.69, 9.17) is 16.2 Å². The summed E-state index contributed by atoms with van der Waals surface area (Å²) in [5, 5.41) is 0. The van der Waals surface area contributed by atoms with E-state index in [0.29, 0.717) is 18.1 Å². The summed E-state index contributed by atoms with van der Waals surface area (Å²) in [6, 6.07) is 5.47. The van der Waals surface area contributed by atoms with Gasteiger partial charge in [-0.2, -0.15) is 4.99 Å². The van der Waals surface area contributed by atoms with Crippen molar-refractivity contribution >= 4 is 23.6 Å². The molecule has 0 amide bonds. The average Bonchev–Trinajstić information content (AvgIpc) is 2.56. The van der Waals surface area contributed by atoms with Crippen molar-refractivity contribution in [2.75, 3.05) is 11.5 Å². The number of benzene rings is 1. The van der Waals surface area contributed by atoms with Crippen molar-refractivity contribution in [2.45, 2.75) is 51.6 Å². The number of guanidine groups is 2. The van der Waals surface area contributed by atoms with Crippen molar-refractivity contribution in [1.82, 2.24) is 0 Å². The maximum Gasteiger partial charge on any atom is 0.338 e. The van der Waals surface area contributed by atoms with Gasteiger partial charge in [-0.1, -0.05) is 12.5 Å². The molecule has 0 bridgehead atoms. The minimum atomic E-state index is -0.522. The number of carbonyl (C=O) groups excluding carboxylic acids is 1. The summed E-state index contributed by atoms with van der Waals surface area (Å²) in [5.41, 5.74) is 14.0. The lowest BCUT2D eigenvalue weighted by Gasteiger charge is -2.46. The van der Waals surface area contributed by atoms with Crippen molar-refractivity contribution in [3.05, 3.63) is 29.3 Å². The molecule has 0 unspecified atom stereocenters. The van der Waals surface area contributed by atoms with Gasteiger partial charge in [0.1, 0.15) is 5.66 Å². The highest BCUT2D eigenvalue weighted by Crippen LogP contribution is 2.40. The third kappa shape index (κ3) is 3.18. The van der Waals surface area contributed by atoms with Crippen LogP contribution in [0.25, 0.3) is 0 Å². The Kier molecular flexibility index (Phi) is 4.65. The monoisotopic (exact) mass is 343 g/mol. The standard InChI is InChI=1S/C18H25N5O2/c1-3-25-15(24)13-8-7-12(2)14(11-13)23-17(20)21-16(19)22-18(23)9-5-4-6-10-18/h7-8,11H,3-6,9-10H2,1-2H3,(H4,19,20,21,22). The van der Waals surface area contributed by atoms with Crippen molar-refractivity contribution in [3.8, 4) is 0 Å². The first-order chi connectivity index (χ1) is 12.0. The van der Waals surface area contributed by atoms with Crippen LogP contribution in [0.1, 0.15) is 54.9 Å². The minimum absolute atomic E-state index is 0.217. The molecule has 1 aliphatic carbocycles. The van der Waals surface area contributed by atoms with E-state index in [1.165, 1.54) is 6.42 Å². The number of carbonyl (C=O) groups is 1. The van der Waals surface area contributed by atoms with Gasteiger partial charge in [0.2, 0.25) is 11.9 Å². The lowest BCUT2D eigenvalue weighted by Crippen LogP contribution is -2.58. The number of hydrogen-bond donors (Lipinski definition) is 2. The Morgan fingerprint density at radius 1 is 1.28 bits per heavy atom. The van der Waals surface area contributed by atoms with Gasteiger partial charge < -0.3 is 16.2 Å². The number of hydrogen-bond acceptors (Lipinski definition) is 7. The Balaban J connectivity index is 2.08. The number of nitrogens with two attached hydrogens (primary N) is 2. The smallest absolute Gasteiger partial charge is 0.338 e. The zero-order valence-corrected chi connectivity index (χ0v) is 14.8. The SMILES string of the molecule is CCOC(=O)c1ccc(C)c(N2C(N)=NC(N)=NC23CCCCC3)c1. The van der Waals surface area contributed by atoms with Crippen LogP contribution in [0.2, 0.25) is 0 Å². The molecule has 1 saturated carbocycles. The molecule has 25 heavy (non-hydrogen) atoms. The second-order valence-corrected chi connectivity index (χ2v) is 6.54. The van der Waals surface area contributed by atoms with Gasteiger partial charge in [0.15, 0.2) is 0 Å². The van der Waals surface area contributed by atoms with Gasteiger partial charge in [-0.15, -0.1) is 0 Å². The highest BCUT2D eigenvalue weighted by molar-refractivity contribution is 6.06. The molecule has 0 aromatic heterocycles. The molecule has 1 fully saturated rings. The minimum Gasteiger partial charge on any atom is -0.462 e. The van der Waals surface area contributed by atoms with Gasteiger partial charge >= 0.3 is 5.97 Å². The first kappa shape index (κ1) is 17.3. The molecule has 3 rings (SSSR count). The fourth-order valence-electron chi connectivity index (χ4n) is 3.66. The molecule has 7 nitrogen and oxygen atoms in total. The Bertz CT molecular complexity index is 735. The van der Waals surface area contributed by atoms with Crippen LogP contribution in [0.3, 0.4) is 0 Å². The third-order valence-electron chi connectivity index (χ3n) is 4.81. The number of aryl methyl sites for hydroxylation is 1. The molecular formula is C18H25N5O2. The second-order valence-electron chi connectivity index (χ2n) is 6.54. The van der Waals surface area contributed by atoms with E-state index in [0.717, 1.165) is 36.9 Å². The van der Waals surface area contributed by atoms with Crippen LogP contribution in [0, 0.1) is 6.92 Å². The fraction of sp³-hybridized carbons (Fsp3) is 0.500. The molecule has 0 atom stereocenters. The quantitative estimate of drug-likeness (QED) is 0.819. The molecule has 134 valence electrons. The van der Waals surface area contributed by atoms with Crippen LogP contribution >= 0.6 is 0 Å². The molecular weight excluding hydrogens is 318 g/mol. The molecule has 1 spiro atoms. The van der Waals surface area contributed by atoms with Crippen LogP contribution in [-0.2, 0) is 4.74 Å². The normalized spacial score (nSPS) is 19.4. The first-order valence-electron chi connectivity index (χ1n) is 8.74. The summed E-state index contributed by atoms with van der Waals surface area (Å²) in [6.45, 7) is 4.10. The average molecular weight is 343 g/mol. The van der Waals surface area contributed by atoms with E-state index < -0.39 is 5.66 Å². The predicted octanol–water partition coefficient (Wildman–Crippen LogP) is 2.28. The number of aliphatic imine (C=N–C) groups is 2. The lowest BCUT2D eigenvalue weighted by molar-refractivity contribution is 0.0526. The lowest BCUT2D eigenvalue weighted by atomic mass is 9.87. The largest absolute Gasteiger partial charge is 0.462 e. The molecule has 4 N–H and O–H groups in total. The summed E-state index contributed by atoms with van der Waals surface area (Å²) < 4.78 is 5.12. The zero-order valence-electron chi connectivity index (χ0n) is 14.8. The first-order valence-corrected chi connectivity index (χ1v) is 8.74. The van der Waals surface area contributed by atoms with Crippen molar-refractivity contribution < 1.29 is 9.53 Å².